The molecule has 0 radical (unpaired) electrons. The van der Waals surface area contributed by atoms with Gasteiger partial charge in [0.25, 0.3) is 17.7 Å². The van der Waals surface area contributed by atoms with Gasteiger partial charge in [-0.1, -0.05) is 59.8 Å². The Balaban J connectivity index is 0.728. The predicted molar refractivity (Wildman–Crippen MR) is 249 cm³/mol. The van der Waals surface area contributed by atoms with Crippen LogP contribution in [0, 0.1) is 6.92 Å². The Hall–Kier alpha value is -7.19. The second-order valence-corrected chi connectivity index (χ2v) is 15.8. The topological polar surface area (TPSA) is 223 Å². The Morgan fingerprint density at radius 3 is 2.24 bits per heavy atom. The fraction of sp³-hybridized carbons (Fsp3) is 0.367. The number of nitrogens with zero attached hydrogens (tertiary/aromatic N) is 4. The number of hydrogen-bond donors (Lipinski definition) is 4. The van der Waals surface area contributed by atoms with Gasteiger partial charge in [0, 0.05) is 50.4 Å². The van der Waals surface area contributed by atoms with Gasteiger partial charge in [0.15, 0.2) is 5.69 Å². The number of carbonyl (C=O) groups excluding carboxylic acids is 5. The molecule has 4 aromatic carbocycles. The van der Waals surface area contributed by atoms with Gasteiger partial charge in [-0.15, -0.1) is 5.10 Å². The molecule has 1 atom stereocenters. The first-order chi connectivity index (χ1) is 33.2. The van der Waals surface area contributed by atoms with Gasteiger partial charge in [0.05, 0.1) is 83.3 Å². The predicted octanol–water partition coefficient (Wildman–Crippen LogP) is 3.93. The zero-order chi connectivity index (χ0) is 47.8. The molecule has 0 spiro atoms. The van der Waals surface area contributed by atoms with Gasteiger partial charge in [-0.05, 0) is 47.7 Å². The summed E-state index contributed by atoms with van der Waals surface area (Å²) < 4.78 is 36.1. The molecule has 2 aliphatic heterocycles. The smallest absolute Gasteiger partial charge is 0.273 e. The van der Waals surface area contributed by atoms with Crippen LogP contribution in [0.5, 0.6) is 17.2 Å². The van der Waals surface area contributed by atoms with Gasteiger partial charge in [0.1, 0.15) is 29.9 Å². The molecule has 68 heavy (non-hydrogen) atoms. The third-order valence-corrected chi connectivity index (χ3v) is 11.4. The fourth-order valence-electron chi connectivity index (χ4n) is 7.85. The average molecular weight is 933 g/mol. The molecular formula is C49H56N8O11. The number of amides is 5. The normalized spacial score (nSPS) is 14.5. The minimum atomic E-state index is -1.03. The molecule has 19 heteroatoms. The maximum atomic E-state index is 13.2. The lowest BCUT2D eigenvalue weighted by atomic mass is 9.97. The summed E-state index contributed by atoms with van der Waals surface area (Å²) in [5, 5.41) is 19.5. The third kappa shape index (κ3) is 12.2. The van der Waals surface area contributed by atoms with Crippen LogP contribution in [0.15, 0.2) is 85.1 Å². The van der Waals surface area contributed by atoms with Crippen LogP contribution in [-0.2, 0) is 43.5 Å². The minimum Gasteiger partial charge on any atom is -0.496 e. The number of nitrogens with one attached hydrogen (secondary N) is 4. The van der Waals surface area contributed by atoms with E-state index in [1.54, 1.807) is 38.6 Å². The Bertz CT molecular complexity index is 2540. The van der Waals surface area contributed by atoms with E-state index in [0.29, 0.717) is 102 Å². The highest BCUT2D eigenvalue weighted by molar-refractivity contribution is 6.25. The van der Waals surface area contributed by atoms with Crippen LogP contribution in [0.2, 0.25) is 0 Å². The van der Waals surface area contributed by atoms with E-state index in [4.69, 9.17) is 28.4 Å². The molecule has 7 rings (SSSR count). The number of fused-ring (bicyclic) bond motifs is 1. The molecule has 358 valence electrons. The zero-order valence-electron chi connectivity index (χ0n) is 38.3. The Morgan fingerprint density at radius 1 is 0.794 bits per heavy atom. The van der Waals surface area contributed by atoms with Crippen molar-refractivity contribution in [1.82, 2.24) is 35.8 Å². The van der Waals surface area contributed by atoms with Crippen LogP contribution in [0.4, 0.5) is 5.69 Å². The largest absolute Gasteiger partial charge is 0.496 e. The number of rotatable bonds is 26. The summed E-state index contributed by atoms with van der Waals surface area (Å²) in [4.78, 5) is 63.9. The number of hydrogen-bond acceptors (Lipinski definition) is 15. The molecule has 1 aromatic heterocycles. The number of methoxy groups -OCH3 is 2. The molecule has 0 saturated carbocycles. The average Bonchev–Trinajstić information content (AvgIpc) is 3.93. The first-order valence-electron chi connectivity index (χ1n) is 22.4. The first kappa shape index (κ1) is 48.7. The molecule has 19 nitrogen and oxygen atoms in total. The van der Waals surface area contributed by atoms with E-state index in [2.05, 4.69) is 62.8 Å². The number of benzene rings is 4. The molecule has 5 aromatic rings. The number of piperidine rings is 1. The van der Waals surface area contributed by atoms with Gasteiger partial charge < -0.3 is 44.4 Å². The van der Waals surface area contributed by atoms with E-state index in [9.17, 15) is 24.0 Å². The van der Waals surface area contributed by atoms with E-state index < -0.39 is 29.7 Å². The molecular weight excluding hydrogens is 877 g/mol. The van der Waals surface area contributed by atoms with Crippen molar-refractivity contribution < 1.29 is 52.4 Å². The zero-order valence-corrected chi connectivity index (χ0v) is 38.3. The second kappa shape index (κ2) is 24.0. The van der Waals surface area contributed by atoms with Crippen LogP contribution in [0.3, 0.4) is 0 Å². The highest BCUT2D eigenvalue weighted by atomic mass is 16.5. The highest BCUT2D eigenvalue weighted by Gasteiger charge is 2.45. The van der Waals surface area contributed by atoms with Crippen molar-refractivity contribution in [3.05, 3.63) is 119 Å². The number of aromatic nitrogens is 3. The lowest BCUT2D eigenvalue weighted by molar-refractivity contribution is -0.136. The van der Waals surface area contributed by atoms with Crippen molar-refractivity contribution in [3.63, 3.8) is 0 Å². The first-order valence-corrected chi connectivity index (χ1v) is 22.4. The SMILES string of the molecule is COc1cc(OCc2cccc(-c3ccccc3)c2C)cc(OC)c1CNCCNC(=O)c1cn(CCOCCOCCOCCNc2cccc3c2C(=O)N(C2CCC(=O)NC2=O)C3=O)nn1. The van der Waals surface area contributed by atoms with E-state index in [1.165, 1.54) is 10.2 Å². The fourth-order valence-corrected chi connectivity index (χ4v) is 7.85. The molecule has 3 heterocycles. The highest BCUT2D eigenvalue weighted by Crippen LogP contribution is 2.35. The minimum absolute atomic E-state index is 0.0518. The van der Waals surface area contributed by atoms with Crippen molar-refractivity contribution in [1.29, 1.82) is 0 Å². The second-order valence-electron chi connectivity index (χ2n) is 15.8. The lowest BCUT2D eigenvalue weighted by Gasteiger charge is -2.27. The molecule has 0 bridgehead atoms. The van der Waals surface area contributed by atoms with Gasteiger partial charge in [-0.3, -0.25) is 34.2 Å². The Kier molecular flexibility index (Phi) is 17.2. The summed E-state index contributed by atoms with van der Waals surface area (Å²) in [6.07, 6.45) is 1.70. The number of anilines is 1. The molecule has 5 amide bonds. The summed E-state index contributed by atoms with van der Waals surface area (Å²) >= 11 is 0. The van der Waals surface area contributed by atoms with E-state index >= 15 is 0 Å². The lowest BCUT2D eigenvalue weighted by Crippen LogP contribution is -2.54. The van der Waals surface area contributed by atoms with Gasteiger partial charge >= 0.3 is 0 Å². The van der Waals surface area contributed by atoms with Gasteiger partial charge in [0.2, 0.25) is 11.8 Å². The van der Waals surface area contributed by atoms with Crippen molar-refractivity contribution in [2.75, 3.05) is 78.8 Å². The summed E-state index contributed by atoms with van der Waals surface area (Å²) in [6, 6.07) is 24.0. The van der Waals surface area contributed by atoms with Crippen LogP contribution < -0.4 is 35.5 Å². The van der Waals surface area contributed by atoms with Crippen molar-refractivity contribution in [2.24, 2.45) is 0 Å². The van der Waals surface area contributed by atoms with E-state index in [0.717, 1.165) is 27.2 Å². The molecule has 4 N–H and O–H groups in total. The molecule has 0 aliphatic carbocycles. The summed E-state index contributed by atoms with van der Waals surface area (Å²) in [5.41, 5.74) is 6.43. The maximum Gasteiger partial charge on any atom is 0.273 e. The van der Waals surface area contributed by atoms with Crippen molar-refractivity contribution >= 4 is 35.2 Å². The number of ether oxygens (including phenoxy) is 6. The van der Waals surface area contributed by atoms with Crippen molar-refractivity contribution in [3.8, 4) is 28.4 Å². The summed E-state index contributed by atoms with van der Waals surface area (Å²) in [7, 11) is 3.21. The Labute approximate surface area is 393 Å². The number of imide groups is 2. The van der Waals surface area contributed by atoms with Gasteiger partial charge in [-0.25, -0.2) is 4.68 Å². The van der Waals surface area contributed by atoms with Crippen LogP contribution in [0.1, 0.15) is 60.7 Å². The molecule has 1 saturated heterocycles. The Morgan fingerprint density at radius 2 is 1.50 bits per heavy atom. The summed E-state index contributed by atoms with van der Waals surface area (Å²) in [6.45, 7) is 6.49. The summed E-state index contributed by atoms with van der Waals surface area (Å²) in [5.74, 6) is -0.716. The van der Waals surface area contributed by atoms with Crippen LogP contribution >= 0.6 is 0 Å². The van der Waals surface area contributed by atoms with Crippen molar-refractivity contribution in [2.45, 2.75) is 45.5 Å². The quantitative estimate of drug-likeness (QED) is 0.0456. The van der Waals surface area contributed by atoms with Crippen LogP contribution in [-0.4, -0.2) is 129 Å². The molecule has 2 aliphatic rings. The van der Waals surface area contributed by atoms with Crippen LogP contribution in [0.25, 0.3) is 11.1 Å². The maximum absolute atomic E-state index is 13.2. The molecule has 1 fully saturated rings. The van der Waals surface area contributed by atoms with Gasteiger partial charge in [-0.2, -0.15) is 0 Å². The number of carbonyl (C=O) groups is 5. The molecule has 1 unspecified atom stereocenters. The van der Waals surface area contributed by atoms with E-state index in [-0.39, 0.29) is 35.6 Å². The monoisotopic (exact) mass is 932 g/mol. The van der Waals surface area contributed by atoms with E-state index in [1.807, 2.05) is 36.4 Å². The standard InChI is InChI=1S/C49H56N8O11/c1-32-34(11-7-12-36(32)33-9-5-4-6-10-33)31-68-35-27-42(63-2)38(43(28-35)64-3)29-50-17-18-52-46(59)40-30-56(55-54-40)20-22-66-24-26-67-25-23-65-21-19-51-39-14-8-13-37-45(39)49(62)57(48(37)61)41-15-16-44(58)53-47(41)60/h4-14,27-28,30,41,50-51H,15-26,29,31H2,1-3H3,(H,52,59)(H,53,58,60). The third-order valence-electron chi connectivity index (χ3n) is 11.4.